The van der Waals surface area contributed by atoms with Gasteiger partial charge in [0.2, 0.25) is 5.88 Å². The first-order valence-electron chi connectivity index (χ1n) is 12.9. The number of carbonyl (C=O) groups is 3. The van der Waals surface area contributed by atoms with Crippen LogP contribution >= 0.6 is 0 Å². The van der Waals surface area contributed by atoms with E-state index in [-0.39, 0.29) is 18.6 Å². The van der Waals surface area contributed by atoms with Gasteiger partial charge in [-0.25, -0.2) is 14.6 Å². The Balaban J connectivity index is 0.000000334. The van der Waals surface area contributed by atoms with Gasteiger partial charge in [0, 0.05) is 23.2 Å². The Labute approximate surface area is 235 Å². The number of hydrogen-bond acceptors (Lipinski definition) is 9. The number of aromatic nitrogens is 1. The molecule has 0 spiro atoms. The molecule has 2 heterocycles. The number of carbonyl (C=O) groups excluding carboxylic acids is 1. The lowest BCUT2D eigenvalue weighted by Crippen LogP contribution is -2.51. The Morgan fingerprint density at radius 1 is 1.02 bits per heavy atom. The zero-order valence-electron chi connectivity index (χ0n) is 22.2. The number of carboxylic acid groups (broad SMARTS) is 2. The van der Waals surface area contributed by atoms with Crippen molar-refractivity contribution in [1.82, 2.24) is 4.98 Å². The zero-order valence-corrected chi connectivity index (χ0v) is 22.2. The Morgan fingerprint density at radius 2 is 1.61 bits per heavy atom. The normalized spacial score (nSPS) is 20.9. The van der Waals surface area contributed by atoms with Gasteiger partial charge < -0.3 is 40.9 Å². The first-order valence-corrected chi connectivity index (χ1v) is 12.9. The van der Waals surface area contributed by atoms with Crippen LogP contribution in [-0.2, 0) is 19.9 Å². The quantitative estimate of drug-likeness (QED) is 0.241. The summed E-state index contributed by atoms with van der Waals surface area (Å²) in [5.74, 6) is -3.13. The largest absolute Gasteiger partial charge is 0.479 e. The summed E-state index contributed by atoms with van der Waals surface area (Å²) in [5.41, 5.74) is 11.4. The van der Waals surface area contributed by atoms with Gasteiger partial charge in [-0.15, -0.1) is 0 Å². The third-order valence-electron chi connectivity index (χ3n) is 7.03. The average Bonchev–Trinajstić information content (AvgIpc) is 2.95. The molecule has 7 N–H and O–H groups in total. The van der Waals surface area contributed by atoms with Crippen LogP contribution in [-0.4, -0.2) is 79.8 Å². The SMILES string of the molecule is CCN1C(=O)COc2nc(-c3ccc(C4(N)CC(O)C4)cc3)c(-c3ccccc3)cc21.O=C(O)[C@H](O)[C@@H](O)C(=O)O. The summed E-state index contributed by atoms with van der Waals surface area (Å²) in [7, 11) is 0. The second kappa shape index (κ2) is 12.0. The molecule has 1 fully saturated rings. The Kier molecular flexibility index (Phi) is 8.69. The predicted octanol–water partition coefficient (Wildman–Crippen LogP) is 1.35. The van der Waals surface area contributed by atoms with Gasteiger partial charge in [0.05, 0.1) is 11.8 Å². The van der Waals surface area contributed by atoms with E-state index in [2.05, 4.69) is 0 Å². The lowest BCUT2D eigenvalue weighted by molar-refractivity contribution is -0.165. The number of pyridine rings is 1. The van der Waals surface area contributed by atoms with E-state index in [1.807, 2.05) is 67.6 Å². The molecule has 1 saturated carbocycles. The molecule has 1 aliphatic heterocycles. The minimum atomic E-state index is -2.27. The lowest BCUT2D eigenvalue weighted by atomic mass is 9.70. The van der Waals surface area contributed by atoms with Crippen molar-refractivity contribution in [2.45, 2.75) is 43.6 Å². The van der Waals surface area contributed by atoms with Gasteiger partial charge in [-0.2, -0.15) is 0 Å². The van der Waals surface area contributed by atoms with Gasteiger partial charge in [-0.1, -0.05) is 54.6 Å². The first-order chi connectivity index (χ1) is 19.4. The smallest absolute Gasteiger partial charge is 0.335 e. The molecule has 2 aliphatic rings. The van der Waals surface area contributed by atoms with Gasteiger partial charge in [-0.05, 0) is 37.0 Å². The maximum Gasteiger partial charge on any atom is 0.335 e. The molecule has 5 rings (SSSR count). The molecule has 41 heavy (non-hydrogen) atoms. The molecule has 3 aromatic rings. The van der Waals surface area contributed by atoms with E-state index in [1.165, 1.54) is 0 Å². The molecule has 0 saturated heterocycles. The molecule has 0 radical (unpaired) electrons. The summed E-state index contributed by atoms with van der Waals surface area (Å²) in [6, 6.07) is 20.1. The highest BCUT2D eigenvalue weighted by molar-refractivity contribution is 5.99. The highest BCUT2D eigenvalue weighted by Gasteiger charge is 2.41. The van der Waals surface area contributed by atoms with Crippen molar-refractivity contribution in [3.8, 4) is 28.3 Å². The molecule has 12 heteroatoms. The van der Waals surface area contributed by atoms with Crippen LogP contribution in [0.25, 0.3) is 22.4 Å². The number of likely N-dealkylation sites (N-methyl/N-ethyl adjacent to an activating group) is 1. The lowest BCUT2D eigenvalue weighted by Gasteiger charge is -2.42. The van der Waals surface area contributed by atoms with Crippen molar-refractivity contribution < 1.29 is 44.7 Å². The number of fused-ring (bicyclic) bond motifs is 1. The summed E-state index contributed by atoms with van der Waals surface area (Å²) in [4.78, 5) is 38.4. The van der Waals surface area contributed by atoms with Crippen LogP contribution in [0.5, 0.6) is 5.88 Å². The van der Waals surface area contributed by atoms with Crippen molar-refractivity contribution >= 4 is 23.5 Å². The Bertz CT molecular complexity index is 1410. The summed E-state index contributed by atoms with van der Waals surface area (Å²) in [6.45, 7) is 2.50. The highest BCUT2D eigenvalue weighted by Crippen LogP contribution is 2.42. The van der Waals surface area contributed by atoms with Crippen LogP contribution in [0.2, 0.25) is 0 Å². The maximum atomic E-state index is 12.3. The second-order valence-corrected chi connectivity index (χ2v) is 9.86. The fourth-order valence-electron chi connectivity index (χ4n) is 4.78. The standard InChI is InChI=1S/C25H25N3O3.C4H6O6/c1-2-28-21-12-20(16-6-4-3-5-7-16)23(27-24(21)31-15-22(28)30)17-8-10-18(11-9-17)25(26)13-19(29)14-25;5-1(3(7)8)2(6)4(9)10/h3-12,19,29H,2,13-15,26H2,1H3;1-2,5-6H,(H,7,8)(H,9,10)/t;1-,2-/m.1/s1. The number of benzene rings is 2. The molecule has 2 atom stereocenters. The van der Waals surface area contributed by atoms with Crippen molar-refractivity contribution in [2.75, 3.05) is 18.1 Å². The topological polar surface area (TPSA) is 204 Å². The van der Waals surface area contributed by atoms with Gasteiger partial charge in [-0.3, -0.25) is 4.79 Å². The number of aliphatic hydroxyl groups is 3. The molecular weight excluding hydrogens is 534 g/mol. The number of rotatable bonds is 7. The number of amides is 1. The van der Waals surface area contributed by atoms with E-state index in [1.54, 1.807) is 4.90 Å². The second-order valence-electron chi connectivity index (χ2n) is 9.86. The van der Waals surface area contributed by atoms with Crippen LogP contribution < -0.4 is 15.4 Å². The summed E-state index contributed by atoms with van der Waals surface area (Å²) < 4.78 is 5.69. The van der Waals surface area contributed by atoms with Crippen LogP contribution in [0.1, 0.15) is 25.3 Å². The number of ether oxygens (including phenoxy) is 1. The van der Waals surface area contributed by atoms with Crippen molar-refractivity contribution in [2.24, 2.45) is 5.73 Å². The number of hydrogen-bond donors (Lipinski definition) is 6. The molecular formula is C29H31N3O9. The van der Waals surface area contributed by atoms with Gasteiger partial charge in [0.1, 0.15) is 5.69 Å². The third kappa shape index (κ3) is 6.20. The molecule has 12 nitrogen and oxygen atoms in total. The van der Waals surface area contributed by atoms with E-state index in [9.17, 15) is 19.5 Å². The fourth-order valence-corrected chi connectivity index (χ4v) is 4.78. The number of aliphatic carboxylic acids is 2. The van der Waals surface area contributed by atoms with Gasteiger partial charge in [0.25, 0.3) is 5.91 Å². The van der Waals surface area contributed by atoms with Crippen molar-refractivity contribution in [3.63, 3.8) is 0 Å². The molecule has 2 aromatic carbocycles. The van der Waals surface area contributed by atoms with Gasteiger partial charge in [0.15, 0.2) is 18.8 Å². The highest BCUT2D eigenvalue weighted by atomic mass is 16.5. The van der Waals surface area contributed by atoms with Crippen LogP contribution in [0.15, 0.2) is 60.7 Å². The number of carboxylic acids is 2. The Hall–Kier alpha value is -4.36. The number of aliphatic hydroxyl groups excluding tert-OH is 3. The minimum absolute atomic E-state index is 0.00504. The molecule has 0 bridgehead atoms. The number of nitrogens with zero attached hydrogens (tertiary/aromatic N) is 2. The summed E-state index contributed by atoms with van der Waals surface area (Å²) in [6.07, 6.45) is -3.70. The van der Waals surface area contributed by atoms with E-state index < -0.39 is 29.7 Å². The predicted molar refractivity (Wildman–Crippen MR) is 147 cm³/mol. The van der Waals surface area contributed by atoms with E-state index >= 15 is 0 Å². The zero-order chi connectivity index (χ0) is 29.9. The first kappa shape index (κ1) is 29.6. The molecule has 1 amide bonds. The molecule has 1 aromatic heterocycles. The fraction of sp³-hybridized carbons (Fsp3) is 0.310. The van der Waals surface area contributed by atoms with Crippen LogP contribution in [0.3, 0.4) is 0 Å². The van der Waals surface area contributed by atoms with Crippen LogP contribution in [0, 0.1) is 0 Å². The summed E-state index contributed by atoms with van der Waals surface area (Å²) >= 11 is 0. The van der Waals surface area contributed by atoms with Crippen molar-refractivity contribution in [1.29, 1.82) is 0 Å². The minimum Gasteiger partial charge on any atom is -0.479 e. The van der Waals surface area contributed by atoms with E-state index in [0.29, 0.717) is 31.0 Å². The number of anilines is 1. The van der Waals surface area contributed by atoms with E-state index in [0.717, 1.165) is 27.9 Å². The van der Waals surface area contributed by atoms with Crippen molar-refractivity contribution in [3.05, 3.63) is 66.2 Å². The number of nitrogens with two attached hydrogens (primary N) is 1. The molecule has 0 unspecified atom stereocenters. The Morgan fingerprint density at radius 3 is 2.12 bits per heavy atom. The van der Waals surface area contributed by atoms with Gasteiger partial charge >= 0.3 is 11.9 Å². The molecule has 1 aliphatic carbocycles. The molecule has 216 valence electrons. The third-order valence-corrected chi connectivity index (χ3v) is 7.03. The van der Waals surface area contributed by atoms with Crippen LogP contribution in [0.4, 0.5) is 5.69 Å². The summed E-state index contributed by atoms with van der Waals surface area (Å²) in [5, 5.41) is 42.2. The van der Waals surface area contributed by atoms with E-state index in [4.69, 9.17) is 35.9 Å². The monoisotopic (exact) mass is 565 g/mol. The average molecular weight is 566 g/mol. The maximum absolute atomic E-state index is 12.3.